The number of carboxylic acid groups (broad SMARTS) is 1. The number of hydrogen-bond donors (Lipinski definition) is 1. The van der Waals surface area contributed by atoms with Crippen molar-refractivity contribution in [1.82, 2.24) is 0 Å². The molecule has 1 aromatic carbocycles. The third-order valence-corrected chi connectivity index (χ3v) is 2.57. The lowest BCUT2D eigenvalue weighted by atomic mass is 10.3. The van der Waals surface area contributed by atoms with Crippen molar-refractivity contribution in [3.63, 3.8) is 0 Å². The largest absolute Gasteiger partial charge is 0.497 e. The highest BCUT2D eigenvalue weighted by Gasteiger charge is 2.13. The van der Waals surface area contributed by atoms with Gasteiger partial charge in [0.1, 0.15) is 5.75 Å². The normalized spacial score (nSPS) is 10.1. The van der Waals surface area contributed by atoms with Gasteiger partial charge in [-0.3, -0.25) is 0 Å². The second kappa shape index (κ2) is 4.83. The van der Waals surface area contributed by atoms with Gasteiger partial charge in [0.05, 0.1) is 7.11 Å². The van der Waals surface area contributed by atoms with Crippen LogP contribution in [-0.2, 0) is 0 Å². The molecule has 0 radical (unpaired) electrons. The second-order valence-electron chi connectivity index (χ2n) is 3.70. The zero-order valence-corrected chi connectivity index (χ0v) is 10.1. The van der Waals surface area contributed by atoms with Crippen molar-refractivity contribution < 1.29 is 19.1 Å². The highest BCUT2D eigenvalue weighted by atomic mass is 16.5. The molecule has 0 fully saturated rings. The average molecular weight is 247 g/mol. The van der Waals surface area contributed by atoms with Crippen LogP contribution < -0.4 is 9.64 Å². The molecule has 0 aliphatic carbocycles. The monoisotopic (exact) mass is 247 g/mol. The van der Waals surface area contributed by atoms with Gasteiger partial charge in [0.25, 0.3) is 0 Å². The number of ether oxygens (including phenoxy) is 1. The highest BCUT2D eigenvalue weighted by Crippen LogP contribution is 2.28. The predicted octanol–water partition coefficient (Wildman–Crippen LogP) is 2.75. The van der Waals surface area contributed by atoms with Crippen molar-refractivity contribution in [1.29, 1.82) is 0 Å². The first-order valence-corrected chi connectivity index (χ1v) is 5.32. The Morgan fingerprint density at radius 3 is 2.72 bits per heavy atom. The highest BCUT2D eigenvalue weighted by molar-refractivity contribution is 5.85. The molecule has 0 bridgehead atoms. The molecule has 0 atom stereocenters. The number of hydrogen-bond acceptors (Lipinski definition) is 4. The van der Waals surface area contributed by atoms with Gasteiger partial charge in [-0.15, -0.1) is 0 Å². The maximum Gasteiger partial charge on any atom is 0.371 e. The molecule has 0 spiro atoms. The number of rotatable bonds is 4. The van der Waals surface area contributed by atoms with E-state index in [1.807, 2.05) is 24.3 Å². The summed E-state index contributed by atoms with van der Waals surface area (Å²) in [6.45, 7) is 0. The number of aromatic carboxylic acids is 1. The van der Waals surface area contributed by atoms with E-state index < -0.39 is 5.97 Å². The Morgan fingerprint density at radius 1 is 1.33 bits per heavy atom. The van der Waals surface area contributed by atoms with Gasteiger partial charge in [-0.2, -0.15) is 0 Å². The van der Waals surface area contributed by atoms with E-state index in [-0.39, 0.29) is 5.76 Å². The third kappa shape index (κ3) is 2.29. The van der Waals surface area contributed by atoms with Gasteiger partial charge in [0, 0.05) is 24.9 Å². The lowest BCUT2D eigenvalue weighted by Crippen LogP contribution is -2.08. The molecular formula is C13H13NO4. The zero-order chi connectivity index (χ0) is 13.1. The summed E-state index contributed by atoms with van der Waals surface area (Å²) < 4.78 is 10.4. The number of nitrogens with zero attached hydrogens (tertiary/aromatic N) is 1. The van der Waals surface area contributed by atoms with Gasteiger partial charge in [0.2, 0.25) is 11.6 Å². The van der Waals surface area contributed by atoms with Crippen LogP contribution in [0.15, 0.2) is 40.8 Å². The number of furan rings is 1. The summed E-state index contributed by atoms with van der Waals surface area (Å²) in [5.74, 6) is 0.0186. The second-order valence-corrected chi connectivity index (χ2v) is 3.70. The van der Waals surface area contributed by atoms with E-state index in [4.69, 9.17) is 14.3 Å². The van der Waals surface area contributed by atoms with Crippen LogP contribution in [-0.4, -0.2) is 25.2 Å². The van der Waals surface area contributed by atoms with Crippen molar-refractivity contribution in [2.75, 3.05) is 19.1 Å². The third-order valence-electron chi connectivity index (χ3n) is 2.57. The van der Waals surface area contributed by atoms with E-state index >= 15 is 0 Å². The molecule has 0 aliphatic rings. The SMILES string of the molecule is COc1cccc(N(C)c2ccc(C(=O)O)o2)c1. The van der Waals surface area contributed by atoms with Gasteiger partial charge < -0.3 is 19.2 Å². The van der Waals surface area contributed by atoms with Crippen molar-refractivity contribution >= 4 is 17.5 Å². The van der Waals surface area contributed by atoms with Gasteiger partial charge >= 0.3 is 5.97 Å². The Hall–Kier alpha value is -2.43. The molecule has 0 unspecified atom stereocenters. The lowest BCUT2D eigenvalue weighted by molar-refractivity contribution is 0.0663. The predicted molar refractivity (Wildman–Crippen MR) is 66.7 cm³/mol. The zero-order valence-electron chi connectivity index (χ0n) is 10.1. The molecule has 2 aromatic rings. The fraction of sp³-hybridized carbons (Fsp3) is 0.154. The van der Waals surface area contributed by atoms with E-state index in [9.17, 15) is 4.79 Å². The quantitative estimate of drug-likeness (QED) is 0.900. The van der Waals surface area contributed by atoms with Crippen LogP contribution in [0.3, 0.4) is 0 Å². The summed E-state index contributed by atoms with van der Waals surface area (Å²) in [6, 6.07) is 10.4. The van der Waals surface area contributed by atoms with Crippen molar-refractivity contribution in [3.05, 3.63) is 42.2 Å². The van der Waals surface area contributed by atoms with Crippen LogP contribution in [0.1, 0.15) is 10.6 Å². The fourth-order valence-corrected chi connectivity index (χ4v) is 1.57. The smallest absolute Gasteiger partial charge is 0.371 e. The van der Waals surface area contributed by atoms with Crippen LogP contribution in [0, 0.1) is 0 Å². The molecule has 94 valence electrons. The standard InChI is InChI=1S/C13H13NO4/c1-14(9-4-3-5-10(8-9)17-2)12-7-6-11(18-12)13(15)16/h3-8H,1-2H3,(H,15,16). The molecule has 0 amide bonds. The first-order valence-electron chi connectivity index (χ1n) is 5.32. The Kier molecular flexibility index (Phi) is 3.23. The van der Waals surface area contributed by atoms with Crippen molar-refractivity contribution in [3.8, 4) is 5.75 Å². The van der Waals surface area contributed by atoms with Gasteiger partial charge in [-0.25, -0.2) is 4.79 Å². The molecule has 2 rings (SSSR count). The summed E-state index contributed by atoms with van der Waals surface area (Å²) in [4.78, 5) is 12.5. The van der Waals surface area contributed by atoms with E-state index in [0.29, 0.717) is 5.88 Å². The first-order chi connectivity index (χ1) is 8.61. The Morgan fingerprint density at radius 2 is 2.11 bits per heavy atom. The number of carbonyl (C=O) groups is 1. The number of benzene rings is 1. The van der Waals surface area contributed by atoms with Gasteiger partial charge in [-0.1, -0.05) is 6.07 Å². The molecule has 1 heterocycles. The van der Waals surface area contributed by atoms with Crippen LogP contribution in [0.25, 0.3) is 0 Å². The van der Waals surface area contributed by atoms with E-state index in [0.717, 1.165) is 11.4 Å². The molecular weight excluding hydrogens is 234 g/mol. The molecule has 1 N–H and O–H groups in total. The summed E-state index contributed by atoms with van der Waals surface area (Å²) in [5, 5.41) is 8.80. The topological polar surface area (TPSA) is 62.9 Å². The summed E-state index contributed by atoms with van der Waals surface area (Å²) in [5.41, 5.74) is 0.848. The van der Waals surface area contributed by atoms with E-state index in [2.05, 4.69) is 0 Å². The van der Waals surface area contributed by atoms with Gasteiger partial charge in [-0.05, 0) is 18.2 Å². The molecule has 0 saturated heterocycles. The average Bonchev–Trinajstić information content (AvgIpc) is 2.87. The van der Waals surface area contributed by atoms with E-state index in [1.54, 1.807) is 25.1 Å². The number of carboxylic acids is 1. The van der Waals surface area contributed by atoms with Crippen LogP contribution >= 0.6 is 0 Å². The minimum atomic E-state index is -1.08. The Balaban J connectivity index is 2.28. The summed E-state index contributed by atoms with van der Waals surface area (Å²) in [7, 11) is 3.38. The maximum absolute atomic E-state index is 10.7. The number of anilines is 2. The summed E-state index contributed by atoms with van der Waals surface area (Å²) in [6.07, 6.45) is 0. The fourth-order valence-electron chi connectivity index (χ4n) is 1.57. The summed E-state index contributed by atoms with van der Waals surface area (Å²) >= 11 is 0. The molecule has 1 aromatic heterocycles. The molecule has 5 nitrogen and oxygen atoms in total. The van der Waals surface area contributed by atoms with Gasteiger partial charge in [0.15, 0.2) is 0 Å². The van der Waals surface area contributed by atoms with Crippen LogP contribution in [0.4, 0.5) is 11.6 Å². The van der Waals surface area contributed by atoms with Crippen molar-refractivity contribution in [2.45, 2.75) is 0 Å². The van der Waals surface area contributed by atoms with Crippen LogP contribution in [0.5, 0.6) is 5.75 Å². The maximum atomic E-state index is 10.7. The first kappa shape index (κ1) is 12.0. The molecule has 0 aliphatic heterocycles. The van der Waals surface area contributed by atoms with Crippen LogP contribution in [0.2, 0.25) is 0 Å². The minimum Gasteiger partial charge on any atom is -0.497 e. The number of methoxy groups -OCH3 is 1. The Bertz CT molecular complexity index is 562. The molecule has 5 heteroatoms. The minimum absolute atomic E-state index is 0.0836. The Labute approximate surface area is 104 Å². The lowest BCUT2D eigenvalue weighted by Gasteiger charge is -2.16. The molecule has 18 heavy (non-hydrogen) atoms. The molecule has 0 saturated carbocycles. The van der Waals surface area contributed by atoms with E-state index in [1.165, 1.54) is 6.07 Å². The van der Waals surface area contributed by atoms with Crippen molar-refractivity contribution in [2.24, 2.45) is 0 Å².